The number of hydrogen-bond donors (Lipinski definition) is 2. The number of hydrogen-bond acceptors (Lipinski definition) is 3. The van der Waals surface area contributed by atoms with E-state index in [1.807, 2.05) is 6.07 Å². The van der Waals surface area contributed by atoms with E-state index in [4.69, 9.17) is 5.73 Å². The Labute approximate surface area is 136 Å². The Hall–Kier alpha value is -1.07. The van der Waals surface area contributed by atoms with Crippen molar-refractivity contribution in [1.82, 2.24) is 5.32 Å². The summed E-state index contributed by atoms with van der Waals surface area (Å²) in [6.07, 6.45) is 3.24. The first-order valence-electron chi connectivity index (χ1n) is 7.60. The first-order chi connectivity index (χ1) is 10.1. The summed E-state index contributed by atoms with van der Waals surface area (Å²) in [6.45, 7) is 7.19. The standard InChI is InChI=1S/C16H26BrN3O/c1-3-5-9-20(12-16(18)21)15-10-14(17)7-6-13(15)11-19-8-4-2/h6-7,10,19H,3-5,8-9,11-12H2,1-2H3,(H2,18,21). The molecule has 1 rings (SSSR count). The molecule has 1 amide bonds. The number of primary amides is 1. The summed E-state index contributed by atoms with van der Waals surface area (Å²) in [5, 5.41) is 3.42. The highest BCUT2D eigenvalue weighted by Crippen LogP contribution is 2.25. The van der Waals surface area contributed by atoms with Crippen LogP contribution >= 0.6 is 15.9 Å². The lowest BCUT2D eigenvalue weighted by Crippen LogP contribution is -2.35. The van der Waals surface area contributed by atoms with E-state index < -0.39 is 0 Å². The summed E-state index contributed by atoms with van der Waals surface area (Å²) in [4.78, 5) is 13.4. The van der Waals surface area contributed by atoms with Crippen LogP contribution in [0.4, 0.5) is 5.69 Å². The van der Waals surface area contributed by atoms with Crippen molar-refractivity contribution in [3.8, 4) is 0 Å². The lowest BCUT2D eigenvalue weighted by atomic mass is 10.1. The molecule has 0 radical (unpaired) electrons. The molecule has 1 aromatic rings. The van der Waals surface area contributed by atoms with Gasteiger partial charge in [-0.15, -0.1) is 0 Å². The summed E-state index contributed by atoms with van der Waals surface area (Å²) < 4.78 is 1.02. The minimum Gasteiger partial charge on any atom is -0.368 e. The van der Waals surface area contributed by atoms with Crippen LogP contribution in [0.25, 0.3) is 0 Å². The third-order valence-corrected chi connectivity index (χ3v) is 3.75. The molecule has 5 heteroatoms. The van der Waals surface area contributed by atoms with E-state index in [0.717, 1.165) is 49.1 Å². The van der Waals surface area contributed by atoms with E-state index in [9.17, 15) is 4.79 Å². The van der Waals surface area contributed by atoms with Gasteiger partial charge in [-0.1, -0.05) is 42.3 Å². The van der Waals surface area contributed by atoms with Crippen molar-refractivity contribution < 1.29 is 4.79 Å². The Balaban J connectivity index is 2.96. The zero-order valence-electron chi connectivity index (χ0n) is 13.0. The van der Waals surface area contributed by atoms with Crippen LogP contribution in [-0.2, 0) is 11.3 Å². The van der Waals surface area contributed by atoms with Crippen LogP contribution in [0.3, 0.4) is 0 Å². The van der Waals surface area contributed by atoms with Crippen molar-refractivity contribution in [2.75, 3.05) is 24.5 Å². The number of carbonyl (C=O) groups is 1. The fourth-order valence-corrected chi connectivity index (χ4v) is 2.55. The molecule has 0 aliphatic rings. The zero-order valence-corrected chi connectivity index (χ0v) is 14.6. The van der Waals surface area contributed by atoms with Gasteiger partial charge in [0.1, 0.15) is 0 Å². The summed E-state index contributed by atoms with van der Waals surface area (Å²) >= 11 is 3.52. The maximum Gasteiger partial charge on any atom is 0.236 e. The monoisotopic (exact) mass is 355 g/mol. The molecule has 0 saturated heterocycles. The van der Waals surface area contributed by atoms with E-state index in [1.54, 1.807) is 0 Å². The first-order valence-corrected chi connectivity index (χ1v) is 8.40. The number of nitrogens with zero attached hydrogens (tertiary/aromatic N) is 1. The molecule has 0 aliphatic heterocycles. The quantitative estimate of drug-likeness (QED) is 0.634. The topological polar surface area (TPSA) is 58.4 Å². The van der Waals surface area contributed by atoms with Gasteiger partial charge in [0, 0.05) is 23.2 Å². The number of nitrogens with two attached hydrogens (primary N) is 1. The summed E-state index contributed by atoms with van der Waals surface area (Å²) in [5.74, 6) is -0.293. The van der Waals surface area contributed by atoms with Crippen molar-refractivity contribution in [2.45, 2.75) is 39.7 Å². The van der Waals surface area contributed by atoms with E-state index in [2.05, 4.69) is 52.1 Å². The maximum atomic E-state index is 11.4. The largest absolute Gasteiger partial charge is 0.368 e. The Morgan fingerprint density at radius 1 is 1.33 bits per heavy atom. The fraction of sp³-hybridized carbons (Fsp3) is 0.562. The second-order valence-electron chi connectivity index (χ2n) is 5.19. The van der Waals surface area contributed by atoms with Crippen LogP contribution in [0, 0.1) is 0 Å². The van der Waals surface area contributed by atoms with Gasteiger partial charge in [0.05, 0.1) is 6.54 Å². The van der Waals surface area contributed by atoms with Crippen LogP contribution in [0.5, 0.6) is 0 Å². The number of unbranched alkanes of at least 4 members (excludes halogenated alkanes) is 1. The van der Waals surface area contributed by atoms with E-state index in [1.165, 1.54) is 5.56 Å². The predicted octanol–water partition coefficient (Wildman–Crippen LogP) is 3.04. The number of rotatable bonds is 10. The van der Waals surface area contributed by atoms with Gasteiger partial charge >= 0.3 is 0 Å². The van der Waals surface area contributed by atoms with E-state index in [0.29, 0.717) is 0 Å². The molecule has 0 aromatic heterocycles. The zero-order chi connectivity index (χ0) is 15.7. The van der Waals surface area contributed by atoms with Gasteiger partial charge in [-0.25, -0.2) is 0 Å². The van der Waals surface area contributed by atoms with Crippen molar-refractivity contribution in [3.63, 3.8) is 0 Å². The minimum absolute atomic E-state index is 0.261. The first kappa shape index (κ1) is 18.0. The molecule has 21 heavy (non-hydrogen) atoms. The molecule has 0 spiro atoms. The molecule has 4 nitrogen and oxygen atoms in total. The summed E-state index contributed by atoms with van der Waals surface area (Å²) in [7, 11) is 0. The minimum atomic E-state index is -0.293. The lowest BCUT2D eigenvalue weighted by Gasteiger charge is -2.26. The number of benzene rings is 1. The highest BCUT2D eigenvalue weighted by Gasteiger charge is 2.13. The molecular weight excluding hydrogens is 330 g/mol. The van der Waals surface area contributed by atoms with Crippen molar-refractivity contribution in [3.05, 3.63) is 28.2 Å². The Morgan fingerprint density at radius 3 is 2.71 bits per heavy atom. The van der Waals surface area contributed by atoms with E-state index >= 15 is 0 Å². The lowest BCUT2D eigenvalue weighted by molar-refractivity contribution is -0.116. The number of carbonyl (C=O) groups excluding carboxylic acids is 1. The third-order valence-electron chi connectivity index (χ3n) is 3.26. The average Bonchev–Trinajstić information content (AvgIpc) is 2.45. The number of nitrogens with one attached hydrogen (secondary N) is 1. The summed E-state index contributed by atoms with van der Waals surface area (Å²) in [5.41, 5.74) is 7.69. The van der Waals surface area contributed by atoms with Crippen LogP contribution in [0.1, 0.15) is 38.7 Å². The van der Waals surface area contributed by atoms with Crippen LogP contribution in [0.2, 0.25) is 0 Å². The summed E-state index contributed by atoms with van der Waals surface area (Å²) in [6, 6.07) is 6.21. The molecule has 0 bridgehead atoms. The molecule has 1 aromatic carbocycles. The van der Waals surface area contributed by atoms with Gasteiger partial charge in [-0.2, -0.15) is 0 Å². The SMILES string of the molecule is CCCCN(CC(N)=O)c1cc(Br)ccc1CNCCC. The molecule has 0 heterocycles. The normalized spacial score (nSPS) is 10.6. The van der Waals surface area contributed by atoms with Gasteiger partial charge in [-0.05, 0) is 37.1 Å². The molecule has 0 aliphatic carbocycles. The number of amides is 1. The highest BCUT2D eigenvalue weighted by molar-refractivity contribution is 9.10. The second kappa shape index (κ2) is 9.79. The third kappa shape index (κ3) is 6.48. The van der Waals surface area contributed by atoms with Gasteiger partial charge in [0.25, 0.3) is 0 Å². The molecule has 3 N–H and O–H groups in total. The van der Waals surface area contributed by atoms with Crippen molar-refractivity contribution in [2.24, 2.45) is 5.73 Å². The average molecular weight is 356 g/mol. The van der Waals surface area contributed by atoms with Gasteiger partial charge < -0.3 is 16.0 Å². The van der Waals surface area contributed by atoms with Crippen LogP contribution < -0.4 is 16.0 Å². The predicted molar refractivity (Wildman–Crippen MR) is 92.5 cm³/mol. The second-order valence-corrected chi connectivity index (χ2v) is 6.11. The Morgan fingerprint density at radius 2 is 2.10 bits per heavy atom. The van der Waals surface area contributed by atoms with Gasteiger partial charge in [0.15, 0.2) is 0 Å². The van der Waals surface area contributed by atoms with Crippen LogP contribution in [0.15, 0.2) is 22.7 Å². The molecule has 0 atom stereocenters. The highest BCUT2D eigenvalue weighted by atomic mass is 79.9. The van der Waals surface area contributed by atoms with Crippen LogP contribution in [-0.4, -0.2) is 25.5 Å². The smallest absolute Gasteiger partial charge is 0.236 e. The molecule has 0 saturated carbocycles. The number of halogens is 1. The Bertz CT molecular complexity index is 451. The van der Waals surface area contributed by atoms with Gasteiger partial charge in [0.2, 0.25) is 5.91 Å². The molecular formula is C16H26BrN3O. The van der Waals surface area contributed by atoms with E-state index in [-0.39, 0.29) is 12.5 Å². The Kier molecular flexibility index (Phi) is 8.38. The number of anilines is 1. The van der Waals surface area contributed by atoms with Gasteiger partial charge in [-0.3, -0.25) is 4.79 Å². The molecule has 0 unspecified atom stereocenters. The maximum absolute atomic E-state index is 11.4. The van der Waals surface area contributed by atoms with Crippen molar-refractivity contribution >= 4 is 27.5 Å². The molecule has 118 valence electrons. The fourth-order valence-electron chi connectivity index (χ4n) is 2.20. The van der Waals surface area contributed by atoms with Crippen molar-refractivity contribution in [1.29, 1.82) is 0 Å². The molecule has 0 fully saturated rings.